The van der Waals surface area contributed by atoms with Crippen LogP contribution in [0.4, 0.5) is 10.1 Å². The topological polar surface area (TPSA) is 71.6 Å². The van der Waals surface area contributed by atoms with Crippen molar-refractivity contribution in [1.29, 1.82) is 0 Å². The summed E-state index contributed by atoms with van der Waals surface area (Å²) in [6.45, 7) is 12.0. The van der Waals surface area contributed by atoms with Gasteiger partial charge in [-0.3, -0.25) is 9.79 Å². The molecule has 0 spiro atoms. The normalized spacial score (nSPS) is 24.7. The maximum absolute atomic E-state index is 13.5. The first kappa shape index (κ1) is 27.2. The average molecular weight is 531 g/mol. The lowest BCUT2D eigenvalue weighted by Crippen LogP contribution is -2.51. The standard InChI is InChI=1S/C32H39FN4O2/c1-5-7-27(34-22(2)3)32-17-14-31(15-18-32,16-19-32)21-37(28(38)13-10-23(4)33)26-9-6-8-25(20-26)30-35-29(36-39-30)24-11-12-24/h5-9,20,24H,2,4,10-19,21H2,1,3H3/b7-5-,34-27+. The maximum atomic E-state index is 13.5. The van der Waals surface area contributed by atoms with Gasteiger partial charge >= 0.3 is 0 Å². The predicted molar refractivity (Wildman–Crippen MR) is 153 cm³/mol. The quantitative estimate of drug-likeness (QED) is 0.275. The van der Waals surface area contributed by atoms with E-state index in [0.717, 1.165) is 79.9 Å². The van der Waals surface area contributed by atoms with Gasteiger partial charge < -0.3 is 9.42 Å². The Balaban J connectivity index is 1.39. The minimum absolute atomic E-state index is 0.0219. The van der Waals surface area contributed by atoms with Gasteiger partial charge in [-0.05, 0) is 94.9 Å². The van der Waals surface area contributed by atoms with Gasteiger partial charge in [0.15, 0.2) is 5.82 Å². The fraction of sp³-hybridized carbons (Fsp3) is 0.500. The van der Waals surface area contributed by atoms with Crippen LogP contribution in [0.15, 0.2) is 70.6 Å². The van der Waals surface area contributed by atoms with Crippen LogP contribution in [0.5, 0.6) is 0 Å². The van der Waals surface area contributed by atoms with Crippen molar-refractivity contribution < 1.29 is 13.7 Å². The third-order valence-corrected chi connectivity index (χ3v) is 8.77. The highest BCUT2D eigenvalue weighted by atomic mass is 19.1. The van der Waals surface area contributed by atoms with E-state index in [2.05, 4.69) is 35.5 Å². The lowest BCUT2D eigenvalue weighted by Gasteiger charge is -2.54. The first-order valence-electron chi connectivity index (χ1n) is 14.2. The molecule has 0 saturated heterocycles. The van der Waals surface area contributed by atoms with Crippen LogP contribution < -0.4 is 4.90 Å². The molecule has 1 amide bonds. The van der Waals surface area contributed by atoms with Crippen LogP contribution in [-0.2, 0) is 4.79 Å². The molecule has 2 aromatic rings. The molecule has 1 heterocycles. The Labute approximate surface area is 230 Å². The molecule has 206 valence electrons. The molecule has 1 aromatic carbocycles. The van der Waals surface area contributed by atoms with E-state index >= 15 is 0 Å². The van der Waals surface area contributed by atoms with Gasteiger partial charge in [0, 0.05) is 53.4 Å². The maximum Gasteiger partial charge on any atom is 0.258 e. The summed E-state index contributed by atoms with van der Waals surface area (Å²) in [7, 11) is 0. The Morgan fingerprint density at radius 1 is 1.18 bits per heavy atom. The lowest BCUT2D eigenvalue weighted by molar-refractivity contribution is -0.119. The van der Waals surface area contributed by atoms with Gasteiger partial charge in [0.1, 0.15) is 0 Å². The highest BCUT2D eigenvalue weighted by Crippen LogP contribution is 2.58. The van der Waals surface area contributed by atoms with E-state index in [-0.39, 0.29) is 29.6 Å². The molecule has 39 heavy (non-hydrogen) atoms. The zero-order chi connectivity index (χ0) is 27.6. The third-order valence-electron chi connectivity index (χ3n) is 8.77. The number of aromatic nitrogens is 2. The molecule has 2 bridgehead atoms. The van der Waals surface area contributed by atoms with Crippen LogP contribution in [0.1, 0.15) is 89.8 Å². The molecule has 6 nitrogen and oxygen atoms in total. The largest absolute Gasteiger partial charge is 0.334 e. The molecule has 0 unspecified atom stereocenters. The second kappa shape index (κ2) is 11.0. The molecule has 4 aliphatic rings. The van der Waals surface area contributed by atoms with Crippen molar-refractivity contribution in [3.8, 4) is 11.5 Å². The number of anilines is 1. The summed E-state index contributed by atoms with van der Waals surface area (Å²) in [6, 6.07) is 7.74. The third kappa shape index (κ3) is 5.97. The van der Waals surface area contributed by atoms with E-state index in [1.165, 1.54) is 0 Å². The number of allylic oxidation sites excluding steroid dienone is 4. The van der Waals surface area contributed by atoms with Gasteiger partial charge in [-0.1, -0.05) is 30.5 Å². The van der Waals surface area contributed by atoms with E-state index in [1.54, 1.807) is 0 Å². The molecular formula is C32H39FN4O2. The van der Waals surface area contributed by atoms with Crippen LogP contribution in [0.2, 0.25) is 0 Å². The van der Waals surface area contributed by atoms with Crippen LogP contribution >= 0.6 is 0 Å². The number of benzene rings is 1. The fourth-order valence-electron chi connectivity index (χ4n) is 6.28. The van der Waals surface area contributed by atoms with Gasteiger partial charge in [0.25, 0.3) is 5.89 Å². The van der Waals surface area contributed by atoms with Crippen LogP contribution in [0.25, 0.3) is 11.5 Å². The monoisotopic (exact) mass is 530 g/mol. The highest BCUT2D eigenvalue weighted by Gasteiger charge is 2.51. The van der Waals surface area contributed by atoms with Gasteiger partial charge in [-0.25, -0.2) is 4.39 Å². The Hall–Kier alpha value is -3.35. The molecule has 0 atom stereocenters. The van der Waals surface area contributed by atoms with E-state index in [4.69, 9.17) is 9.52 Å². The van der Waals surface area contributed by atoms with Gasteiger partial charge in [0.2, 0.25) is 5.91 Å². The molecule has 4 aliphatic carbocycles. The number of carbonyl (C=O) groups is 1. The number of halogens is 1. The SMILES string of the molecule is C=C(F)CCC(=O)N(CC12CCC(C(/C=C\C)=N/C(=C)C)(CC1)CC2)c1cccc(-c2nc(C3CC3)no2)c1. The minimum atomic E-state index is -0.470. The number of nitrogens with zero attached hydrogens (tertiary/aromatic N) is 4. The first-order valence-corrected chi connectivity index (χ1v) is 14.2. The Kier molecular flexibility index (Phi) is 7.70. The molecule has 7 heteroatoms. The number of hydrogen-bond donors (Lipinski definition) is 0. The number of fused-ring (bicyclic) bond motifs is 3. The number of aliphatic imine (C=N–C) groups is 1. The van der Waals surface area contributed by atoms with E-state index < -0.39 is 5.83 Å². The molecule has 4 fully saturated rings. The summed E-state index contributed by atoms with van der Waals surface area (Å²) in [5.41, 5.74) is 3.63. The molecular weight excluding hydrogens is 491 g/mol. The summed E-state index contributed by atoms with van der Waals surface area (Å²) in [5, 5.41) is 4.15. The van der Waals surface area contributed by atoms with Crippen molar-refractivity contribution in [2.24, 2.45) is 15.8 Å². The van der Waals surface area contributed by atoms with Gasteiger partial charge in [-0.15, -0.1) is 0 Å². The molecule has 0 N–H and O–H groups in total. The lowest BCUT2D eigenvalue weighted by atomic mass is 9.52. The summed E-state index contributed by atoms with van der Waals surface area (Å²) in [6.07, 6.45) is 12.7. The second-order valence-electron chi connectivity index (χ2n) is 11.8. The highest BCUT2D eigenvalue weighted by molar-refractivity contribution is 6.00. The summed E-state index contributed by atoms with van der Waals surface area (Å²) < 4.78 is 19.1. The Morgan fingerprint density at radius 3 is 2.51 bits per heavy atom. The van der Waals surface area contributed by atoms with Gasteiger partial charge in [0.05, 0.1) is 5.83 Å². The number of rotatable bonds is 11. The molecule has 4 saturated carbocycles. The van der Waals surface area contributed by atoms with Crippen molar-refractivity contribution in [2.75, 3.05) is 11.4 Å². The van der Waals surface area contributed by atoms with E-state index in [0.29, 0.717) is 18.4 Å². The van der Waals surface area contributed by atoms with Crippen LogP contribution in [-0.4, -0.2) is 28.3 Å². The van der Waals surface area contributed by atoms with Crippen molar-refractivity contribution in [1.82, 2.24) is 10.1 Å². The van der Waals surface area contributed by atoms with Gasteiger partial charge in [-0.2, -0.15) is 4.98 Å². The van der Waals surface area contributed by atoms with Crippen LogP contribution in [0.3, 0.4) is 0 Å². The molecule has 0 radical (unpaired) electrons. The van der Waals surface area contributed by atoms with Crippen molar-refractivity contribution in [3.63, 3.8) is 0 Å². The number of carbonyl (C=O) groups excluding carboxylic acids is 1. The average Bonchev–Trinajstić information content (AvgIpc) is 3.67. The first-order chi connectivity index (χ1) is 18.7. The van der Waals surface area contributed by atoms with Crippen molar-refractivity contribution in [2.45, 2.75) is 84.0 Å². The minimum Gasteiger partial charge on any atom is -0.334 e. The molecule has 6 rings (SSSR count). The smallest absolute Gasteiger partial charge is 0.258 e. The number of hydrogen-bond acceptors (Lipinski definition) is 5. The van der Waals surface area contributed by atoms with Crippen molar-refractivity contribution in [3.05, 3.63) is 66.9 Å². The zero-order valence-corrected chi connectivity index (χ0v) is 23.2. The Morgan fingerprint density at radius 2 is 1.90 bits per heavy atom. The van der Waals surface area contributed by atoms with Crippen LogP contribution in [0, 0.1) is 10.8 Å². The second-order valence-corrected chi connectivity index (χ2v) is 11.8. The molecule has 1 aromatic heterocycles. The summed E-state index contributed by atoms with van der Waals surface area (Å²) in [5.74, 6) is 1.06. The summed E-state index contributed by atoms with van der Waals surface area (Å²) >= 11 is 0. The Bertz CT molecular complexity index is 1290. The predicted octanol–water partition coefficient (Wildman–Crippen LogP) is 8.10. The van der Waals surface area contributed by atoms with E-state index in [9.17, 15) is 9.18 Å². The number of amides is 1. The molecule has 0 aliphatic heterocycles. The summed E-state index contributed by atoms with van der Waals surface area (Å²) in [4.78, 5) is 24.8. The zero-order valence-electron chi connectivity index (χ0n) is 23.2. The fourth-order valence-corrected chi connectivity index (χ4v) is 6.28. The van der Waals surface area contributed by atoms with E-state index in [1.807, 2.05) is 43.0 Å². The van der Waals surface area contributed by atoms with Crippen molar-refractivity contribution >= 4 is 17.3 Å².